The van der Waals surface area contributed by atoms with Gasteiger partial charge in [-0.05, 0) is 51.4 Å². The van der Waals surface area contributed by atoms with Crippen LogP contribution in [0.3, 0.4) is 0 Å². The molecule has 0 saturated carbocycles. The molecule has 0 saturated heterocycles. The topological polar surface area (TPSA) is 78.9 Å². The van der Waals surface area contributed by atoms with Gasteiger partial charge in [-0.1, -0.05) is 173 Å². The second kappa shape index (κ2) is 39.7. The molecule has 6 nitrogen and oxygen atoms in total. The van der Waals surface area contributed by atoms with Gasteiger partial charge in [0.15, 0.2) is 6.10 Å². The Kier molecular flexibility index (Phi) is 38.0. The summed E-state index contributed by atoms with van der Waals surface area (Å²) in [6.07, 6.45) is 41.9. The van der Waals surface area contributed by atoms with E-state index in [0.29, 0.717) is 19.3 Å². The van der Waals surface area contributed by atoms with Crippen LogP contribution in [0.5, 0.6) is 0 Å². The maximum atomic E-state index is 12.6. The van der Waals surface area contributed by atoms with Crippen LogP contribution < -0.4 is 0 Å². The zero-order chi connectivity index (χ0) is 36.6. The highest BCUT2D eigenvalue weighted by Crippen LogP contribution is 2.14. The van der Waals surface area contributed by atoms with E-state index in [1.807, 2.05) is 0 Å². The first kappa shape index (κ1) is 47.9. The van der Waals surface area contributed by atoms with Crippen molar-refractivity contribution in [2.45, 2.75) is 226 Å². The number of carbonyl (C=O) groups is 3. The molecular weight excluding hydrogens is 624 g/mol. The van der Waals surface area contributed by atoms with E-state index in [9.17, 15) is 14.4 Å². The van der Waals surface area contributed by atoms with Gasteiger partial charge in [0.05, 0.1) is 0 Å². The van der Waals surface area contributed by atoms with Crippen LogP contribution in [0.1, 0.15) is 220 Å². The van der Waals surface area contributed by atoms with Gasteiger partial charge in [-0.2, -0.15) is 0 Å². The number of unbranched alkanes of at least 4 members (excludes halogenated alkanes) is 23. The van der Waals surface area contributed by atoms with Gasteiger partial charge in [-0.15, -0.1) is 0 Å². The number of ether oxygens (including phenoxy) is 3. The third-order valence-corrected chi connectivity index (χ3v) is 9.21. The van der Waals surface area contributed by atoms with E-state index in [2.05, 4.69) is 45.1 Å². The number of hydrogen-bond donors (Lipinski definition) is 0. The fraction of sp³-hybridized carbons (Fsp3) is 0.841. The highest BCUT2D eigenvalue weighted by Gasteiger charge is 2.19. The summed E-state index contributed by atoms with van der Waals surface area (Å²) in [6.45, 7) is 6.50. The Morgan fingerprint density at radius 1 is 0.400 bits per heavy atom. The lowest BCUT2D eigenvalue weighted by Gasteiger charge is -2.18. The van der Waals surface area contributed by atoms with Crippen molar-refractivity contribution in [3.05, 3.63) is 24.3 Å². The largest absolute Gasteiger partial charge is 0.462 e. The molecule has 0 N–H and O–H groups in total. The zero-order valence-corrected chi connectivity index (χ0v) is 33.2. The molecular formula is C44H80O6. The summed E-state index contributed by atoms with van der Waals surface area (Å²) >= 11 is 0. The molecule has 0 aromatic rings. The summed E-state index contributed by atoms with van der Waals surface area (Å²) < 4.78 is 16.5. The Balaban J connectivity index is 4.20. The molecule has 0 fully saturated rings. The van der Waals surface area contributed by atoms with Crippen molar-refractivity contribution >= 4 is 17.9 Å². The van der Waals surface area contributed by atoms with Crippen LogP contribution in [-0.2, 0) is 28.6 Å². The SMILES string of the molecule is CCCCC/C=C\C/C=C\CCCCCCCCCC(=O)OCC(COC(=O)CCCCCCC)OC(=O)CCCCCCCCCCCC. The van der Waals surface area contributed by atoms with E-state index < -0.39 is 6.10 Å². The van der Waals surface area contributed by atoms with Gasteiger partial charge in [0.25, 0.3) is 0 Å². The molecule has 6 heteroatoms. The van der Waals surface area contributed by atoms with Crippen molar-refractivity contribution in [3.8, 4) is 0 Å². The van der Waals surface area contributed by atoms with Gasteiger partial charge in [0, 0.05) is 19.3 Å². The van der Waals surface area contributed by atoms with Gasteiger partial charge < -0.3 is 14.2 Å². The quantitative estimate of drug-likeness (QED) is 0.0275. The van der Waals surface area contributed by atoms with Crippen LogP contribution in [0.25, 0.3) is 0 Å². The van der Waals surface area contributed by atoms with Crippen LogP contribution in [0.4, 0.5) is 0 Å². The van der Waals surface area contributed by atoms with Crippen LogP contribution in [0.2, 0.25) is 0 Å². The van der Waals surface area contributed by atoms with Crippen molar-refractivity contribution in [1.82, 2.24) is 0 Å². The summed E-state index contributed by atoms with van der Waals surface area (Å²) in [5.41, 5.74) is 0. The highest BCUT2D eigenvalue weighted by molar-refractivity contribution is 5.71. The van der Waals surface area contributed by atoms with E-state index in [1.54, 1.807) is 0 Å². The minimum Gasteiger partial charge on any atom is -0.462 e. The molecule has 1 atom stereocenters. The van der Waals surface area contributed by atoms with E-state index >= 15 is 0 Å². The zero-order valence-electron chi connectivity index (χ0n) is 33.2. The fourth-order valence-electron chi connectivity index (χ4n) is 5.94. The summed E-state index contributed by atoms with van der Waals surface area (Å²) in [4.78, 5) is 37.3. The first-order valence-electron chi connectivity index (χ1n) is 21.3. The average molecular weight is 705 g/mol. The molecule has 0 bridgehead atoms. The number of allylic oxidation sites excluding steroid dienone is 4. The third kappa shape index (κ3) is 37.2. The Hall–Kier alpha value is -2.11. The molecule has 50 heavy (non-hydrogen) atoms. The van der Waals surface area contributed by atoms with Crippen molar-refractivity contribution in [2.75, 3.05) is 13.2 Å². The van der Waals surface area contributed by atoms with E-state index in [4.69, 9.17) is 14.2 Å². The van der Waals surface area contributed by atoms with Crippen LogP contribution in [-0.4, -0.2) is 37.2 Å². The minimum atomic E-state index is -0.763. The van der Waals surface area contributed by atoms with E-state index in [-0.39, 0.29) is 31.1 Å². The van der Waals surface area contributed by atoms with Crippen molar-refractivity contribution < 1.29 is 28.6 Å². The maximum absolute atomic E-state index is 12.6. The molecule has 0 heterocycles. The number of carbonyl (C=O) groups excluding carboxylic acids is 3. The standard InChI is InChI=1S/C44H80O6/c1-4-7-10-13-15-17-19-20-21-22-23-24-25-27-28-31-34-37-43(46)49-40-41(39-48-42(45)36-33-30-12-9-6-3)50-44(47)38-35-32-29-26-18-16-14-11-8-5-2/h15,17,20-21,41H,4-14,16,18-19,22-40H2,1-3H3/b17-15-,21-20-. The monoisotopic (exact) mass is 705 g/mol. The van der Waals surface area contributed by atoms with Crippen molar-refractivity contribution in [3.63, 3.8) is 0 Å². The average Bonchev–Trinajstić information content (AvgIpc) is 3.11. The first-order chi connectivity index (χ1) is 24.5. The highest BCUT2D eigenvalue weighted by atomic mass is 16.6. The summed E-state index contributed by atoms with van der Waals surface area (Å²) in [5, 5.41) is 0. The predicted molar refractivity (Wildman–Crippen MR) is 210 cm³/mol. The molecule has 0 aliphatic carbocycles. The van der Waals surface area contributed by atoms with Crippen LogP contribution in [0, 0.1) is 0 Å². The van der Waals surface area contributed by atoms with Gasteiger partial charge in [-0.3, -0.25) is 14.4 Å². The first-order valence-corrected chi connectivity index (χ1v) is 21.3. The molecule has 0 spiro atoms. The third-order valence-electron chi connectivity index (χ3n) is 9.21. The van der Waals surface area contributed by atoms with Gasteiger partial charge >= 0.3 is 17.9 Å². The minimum absolute atomic E-state index is 0.0726. The summed E-state index contributed by atoms with van der Waals surface area (Å²) in [6, 6.07) is 0. The molecule has 0 rings (SSSR count). The lowest BCUT2D eigenvalue weighted by atomic mass is 10.1. The fourth-order valence-corrected chi connectivity index (χ4v) is 5.94. The molecule has 0 aromatic heterocycles. The van der Waals surface area contributed by atoms with Gasteiger partial charge in [-0.25, -0.2) is 0 Å². The second-order valence-electron chi connectivity index (χ2n) is 14.3. The van der Waals surface area contributed by atoms with Crippen LogP contribution >= 0.6 is 0 Å². The molecule has 0 radical (unpaired) electrons. The molecule has 1 unspecified atom stereocenters. The number of hydrogen-bond acceptors (Lipinski definition) is 6. The number of rotatable bonds is 38. The van der Waals surface area contributed by atoms with E-state index in [1.165, 1.54) is 103 Å². The summed E-state index contributed by atoms with van der Waals surface area (Å²) in [7, 11) is 0. The lowest BCUT2D eigenvalue weighted by molar-refractivity contribution is -0.167. The predicted octanol–water partition coefficient (Wildman–Crippen LogP) is 13.2. The molecule has 292 valence electrons. The molecule has 0 aliphatic rings. The Morgan fingerprint density at radius 2 is 0.720 bits per heavy atom. The molecule has 0 aliphatic heterocycles. The summed E-state index contributed by atoms with van der Waals surface area (Å²) in [5.74, 6) is -0.894. The van der Waals surface area contributed by atoms with Gasteiger partial charge in [0.1, 0.15) is 13.2 Å². The molecule has 0 aromatic carbocycles. The Morgan fingerprint density at radius 3 is 1.14 bits per heavy atom. The van der Waals surface area contributed by atoms with E-state index in [0.717, 1.165) is 77.0 Å². The normalized spacial score (nSPS) is 12.1. The second-order valence-corrected chi connectivity index (χ2v) is 14.3. The van der Waals surface area contributed by atoms with Crippen molar-refractivity contribution in [1.29, 1.82) is 0 Å². The van der Waals surface area contributed by atoms with Gasteiger partial charge in [0.2, 0.25) is 0 Å². The Labute approximate surface area is 309 Å². The van der Waals surface area contributed by atoms with Crippen LogP contribution in [0.15, 0.2) is 24.3 Å². The molecule has 0 amide bonds. The lowest BCUT2D eigenvalue weighted by Crippen LogP contribution is -2.30. The smallest absolute Gasteiger partial charge is 0.306 e. The van der Waals surface area contributed by atoms with Crippen molar-refractivity contribution in [2.24, 2.45) is 0 Å². The Bertz CT molecular complexity index is 819. The maximum Gasteiger partial charge on any atom is 0.306 e. The number of esters is 3.